The van der Waals surface area contributed by atoms with Gasteiger partial charge in [-0.3, -0.25) is 24.7 Å². The van der Waals surface area contributed by atoms with E-state index in [4.69, 9.17) is 4.74 Å². The van der Waals surface area contributed by atoms with Gasteiger partial charge in [0, 0.05) is 54.9 Å². The van der Waals surface area contributed by atoms with Gasteiger partial charge in [-0.1, -0.05) is 25.1 Å². The van der Waals surface area contributed by atoms with Crippen LogP contribution in [0.5, 0.6) is 5.75 Å². The molecule has 1 saturated heterocycles. The standard InChI is InChI=1S/C28H35N5O6S/c1-3-16-40(37,38)33-14-12-32(13-15-33)26(28(35)31-36)18-29-27(34)21-8-10-23(11-9-21)39-19-22-17-20(2)30-25-7-5-4-6-24(22)25/h4-11,17,26,36H,3,12-16,18-19H2,1-2H3,(H,29,34)(H,31,35)/t26-/m0/s1. The van der Waals surface area contributed by atoms with Gasteiger partial charge in [-0.15, -0.1) is 0 Å². The van der Waals surface area contributed by atoms with Crippen LogP contribution < -0.4 is 15.5 Å². The van der Waals surface area contributed by atoms with E-state index in [1.807, 2.05) is 44.2 Å². The quantitative estimate of drug-likeness (QED) is 0.236. The van der Waals surface area contributed by atoms with Crippen molar-refractivity contribution in [1.29, 1.82) is 0 Å². The number of carbonyl (C=O) groups is 2. The van der Waals surface area contributed by atoms with Gasteiger partial charge in [0.05, 0.1) is 11.3 Å². The van der Waals surface area contributed by atoms with Gasteiger partial charge in [0.1, 0.15) is 18.4 Å². The predicted molar refractivity (Wildman–Crippen MR) is 151 cm³/mol. The number of nitrogens with one attached hydrogen (secondary N) is 2. The molecule has 3 N–H and O–H groups in total. The maximum Gasteiger partial charge on any atom is 0.262 e. The topological polar surface area (TPSA) is 141 Å². The van der Waals surface area contributed by atoms with Crippen LogP contribution in [0, 0.1) is 6.92 Å². The van der Waals surface area contributed by atoms with Crippen molar-refractivity contribution in [3.8, 4) is 5.75 Å². The Labute approximate surface area is 234 Å². The number of amides is 2. The number of fused-ring (bicyclic) bond motifs is 1. The molecule has 1 aromatic heterocycles. The van der Waals surface area contributed by atoms with E-state index in [0.29, 0.717) is 37.4 Å². The second-order valence-electron chi connectivity index (χ2n) is 9.71. The maximum atomic E-state index is 12.8. The van der Waals surface area contributed by atoms with E-state index in [2.05, 4.69) is 10.3 Å². The third kappa shape index (κ3) is 7.13. The van der Waals surface area contributed by atoms with E-state index in [9.17, 15) is 23.2 Å². The Hall–Kier alpha value is -3.58. The fourth-order valence-electron chi connectivity index (χ4n) is 4.81. The highest BCUT2D eigenvalue weighted by atomic mass is 32.2. The summed E-state index contributed by atoms with van der Waals surface area (Å²) in [5.74, 6) is -0.383. The minimum Gasteiger partial charge on any atom is -0.489 e. The van der Waals surface area contributed by atoms with Crippen LogP contribution in [0.15, 0.2) is 54.6 Å². The van der Waals surface area contributed by atoms with Crippen LogP contribution in [0.2, 0.25) is 0 Å². The number of ether oxygens (including phenoxy) is 1. The first-order valence-corrected chi connectivity index (χ1v) is 14.8. The monoisotopic (exact) mass is 569 g/mol. The highest BCUT2D eigenvalue weighted by Gasteiger charge is 2.32. The number of pyridine rings is 1. The van der Waals surface area contributed by atoms with Crippen LogP contribution >= 0.6 is 0 Å². The summed E-state index contributed by atoms with van der Waals surface area (Å²) < 4.78 is 32.1. The Morgan fingerprint density at radius 1 is 1.07 bits per heavy atom. The molecule has 1 fully saturated rings. The van der Waals surface area contributed by atoms with E-state index in [0.717, 1.165) is 22.2 Å². The number of piperazine rings is 1. The lowest BCUT2D eigenvalue weighted by Gasteiger charge is -2.37. The smallest absolute Gasteiger partial charge is 0.262 e. The highest BCUT2D eigenvalue weighted by molar-refractivity contribution is 7.89. The van der Waals surface area contributed by atoms with Crippen LogP contribution in [-0.2, 0) is 21.4 Å². The summed E-state index contributed by atoms with van der Waals surface area (Å²) in [6, 6.07) is 15.7. The molecule has 12 heteroatoms. The third-order valence-electron chi connectivity index (χ3n) is 6.88. The van der Waals surface area contributed by atoms with E-state index in [1.165, 1.54) is 4.31 Å². The number of para-hydroxylation sites is 1. The molecule has 0 radical (unpaired) electrons. The summed E-state index contributed by atoms with van der Waals surface area (Å²) in [5, 5.41) is 13.0. The Bertz CT molecular complexity index is 1440. The molecule has 40 heavy (non-hydrogen) atoms. The molecule has 0 saturated carbocycles. The van der Waals surface area contributed by atoms with Crippen LogP contribution in [0.3, 0.4) is 0 Å². The molecular formula is C28H35N5O6S. The normalized spacial score (nSPS) is 15.5. The molecule has 2 amide bonds. The second-order valence-corrected chi connectivity index (χ2v) is 11.8. The van der Waals surface area contributed by atoms with Crippen LogP contribution in [0.1, 0.15) is 35.0 Å². The van der Waals surface area contributed by atoms with Gasteiger partial charge in [-0.05, 0) is 49.7 Å². The number of sulfonamides is 1. The zero-order valence-corrected chi connectivity index (χ0v) is 23.5. The van der Waals surface area contributed by atoms with E-state index in [1.54, 1.807) is 34.6 Å². The SMILES string of the molecule is CCCS(=O)(=O)N1CCN([C@@H](CNC(=O)c2ccc(OCc3cc(C)nc4ccccc34)cc2)C(=O)NO)CC1. The Morgan fingerprint density at radius 2 is 1.77 bits per heavy atom. The predicted octanol–water partition coefficient (Wildman–Crippen LogP) is 2.08. The minimum atomic E-state index is -3.33. The van der Waals surface area contributed by atoms with Gasteiger partial charge in [-0.2, -0.15) is 4.31 Å². The van der Waals surface area contributed by atoms with Crippen molar-refractivity contribution in [2.45, 2.75) is 32.9 Å². The molecule has 0 unspecified atom stereocenters. The maximum absolute atomic E-state index is 12.8. The van der Waals surface area contributed by atoms with E-state index >= 15 is 0 Å². The molecule has 0 aliphatic carbocycles. The molecule has 1 aliphatic heterocycles. The lowest BCUT2D eigenvalue weighted by molar-refractivity contribution is -0.135. The summed E-state index contributed by atoms with van der Waals surface area (Å²) in [6.07, 6.45) is 0.527. The number of aromatic nitrogens is 1. The molecule has 0 bridgehead atoms. The zero-order chi connectivity index (χ0) is 28.7. The second kappa shape index (κ2) is 13.2. The van der Waals surface area contributed by atoms with Crippen molar-refractivity contribution < 1.29 is 28.0 Å². The van der Waals surface area contributed by atoms with Gasteiger partial charge < -0.3 is 10.1 Å². The molecule has 2 heterocycles. The summed E-state index contributed by atoms with van der Waals surface area (Å²) in [5.41, 5.74) is 4.86. The molecule has 4 rings (SSSR count). The molecular weight excluding hydrogens is 534 g/mol. The van der Waals surface area contributed by atoms with Crippen molar-refractivity contribution in [2.75, 3.05) is 38.5 Å². The summed E-state index contributed by atoms with van der Waals surface area (Å²) in [4.78, 5) is 31.5. The number of nitrogens with zero attached hydrogens (tertiary/aromatic N) is 3. The van der Waals surface area contributed by atoms with Gasteiger partial charge in [-0.25, -0.2) is 13.9 Å². The molecule has 1 atom stereocenters. The lowest BCUT2D eigenvalue weighted by atomic mass is 10.1. The highest BCUT2D eigenvalue weighted by Crippen LogP contribution is 2.21. The number of aryl methyl sites for hydroxylation is 1. The van der Waals surface area contributed by atoms with Crippen molar-refractivity contribution in [3.63, 3.8) is 0 Å². The fraction of sp³-hybridized carbons (Fsp3) is 0.393. The summed E-state index contributed by atoms with van der Waals surface area (Å²) in [7, 11) is -3.33. The van der Waals surface area contributed by atoms with Crippen molar-refractivity contribution >= 4 is 32.7 Å². The average molecular weight is 570 g/mol. The van der Waals surface area contributed by atoms with Crippen molar-refractivity contribution in [2.24, 2.45) is 0 Å². The van der Waals surface area contributed by atoms with Crippen LogP contribution in [0.4, 0.5) is 0 Å². The fourth-order valence-corrected chi connectivity index (χ4v) is 6.31. The number of hydrogen-bond acceptors (Lipinski definition) is 8. The Balaban J connectivity index is 1.33. The summed E-state index contributed by atoms with van der Waals surface area (Å²) >= 11 is 0. The number of hydroxylamine groups is 1. The minimum absolute atomic E-state index is 0.0559. The largest absolute Gasteiger partial charge is 0.489 e. The molecule has 214 valence electrons. The van der Waals surface area contributed by atoms with Crippen molar-refractivity contribution in [3.05, 3.63) is 71.4 Å². The number of hydrogen-bond donors (Lipinski definition) is 3. The zero-order valence-electron chi connectivity index (χ0n) is 22.7. The van der Waals surface area contributed by atoms with Gasteiger partial charge in [0.2, 0.25) is 10.0 Å². The molecule has 0 spiro atoms. The van der Waals surface area contributed by atoms with Crippen LogP contribution in [0.25, 0.3) is 10.9 Å². The van der Waals surface area contributed by atoms with E-state index < -0.39 is 22.0 Å². The van der Waals surface area contributed by atoms with Crippen LogP contribution in [-0.4, -0.2) is 84.1 Å². The number of carbonyl (C=O) groups excluding carboxylic acids is 2. The van der Waals surface area contributed by atoms with Gasteiger partial charge in [0.25, 0.3) is 11.8 Å². The number of rotatable bonds is 11. The van der Waals surface area contributed by atoms with Gasteiger partial charge in [0.15, 0.2) is 0 Å². The molecule has 11 nitrogen and oxygen atoms in total. The lowest BCUT2D eigenvalue weighted by Crippen LogP contribution is -2.58. The molecule has 3 aromatic rings. The first-order valence-electron chi connectivity index (χ1n) is 13.2. The Kier molecular flexibility index (Phi) is 9.69. The average Bonchev–Trinajstić information content (AvgIpc) is 2.96. The molecule has 1 aliphatic rings. The van der Waals surface area contributed by atoms with Crippen molar-refractivity contribution in [1.82, 2.24) is 25.0 Å². The van der Waals surface area contributed by atoms with E-state index in [-0.39, 0.29) is 31.3 Å². The third-order valence-corrected chi connectivity index (χ3v) is 8.96. The first-order chi connectivity index (χ1) is 19.2. The summed E-state index contributed by atoms with van der Waals surface area (Å²) in [6.45, 7) is 5.12. The van der Waals surface area contributed by atoms with Gasteiger partial charge >= 0.3 is 0 Å². The first kappa shape index (κ1) is 29.4. The molecule has 2 aromatic carbocycles. The Morgan fingerprint density at radius 3 is 2.45 bits per heavy atom. The number of benzene rings is 2.